The van der Waals surface area contributed by atoms with Gasteiger partial charge in [-0.1, -0.05) is 11.6 Å². The van der Waals surface area contributed by atoms with Crippen LogP contribution in [-0.4, -0.2) is 48.0 Å². The Morgan fingerprint density at radius 2 is 1.97 bits per heavy atom. The number of benzene rings is 2. The van der Waals surface area contributed by atoms with E-state index in [1.807, 2.05) is 36.5 Å². The molecule has 186 valence electrons. The molecule has 0 radical (unpaired) electrons. The number of hydrogen-bond donors (Lipinski definition) is 0. The molecule has 1 aliphatic heterocycles. The van der Waals surface area contributed by atoms with Crippen molar-refractivity contribution < 1.29 is 18.6 Å². The van der Waals surface area contributed by atoms with Crippen LogP contribution >= 0.6 is 22.9 Å². The van der Waals surface area contributed by atoms with E-state index in [1.54, 1.807) is 18.7 Å². The fourth-order valence-corrected chi connectivity index (χ4v) is 5.49. The molecule has 1 unspecified atom stereocenters. The van der Waals surface area contributed by atoms with Gasteiger partial charge in [0.1, 0.15) is 29.4 Å². The van der Waals surface area contributed by atoms with E-state index in [0.717, 1.165) is 40.5 Å². The van der Waals surface area contributed by atoms with Crippen LogP contribution in [0.5, 0.6) is 16.7 Å². The number of aromatic nitrogens is 3. The lowest BCUT2D eigenvalue weighted by molar-refractivity contribution is 0.262. The third-order valence-corrected chi connectivity index (χ3v) is 7.61. The Labute approximate surface area is 217 Å². The molecule has 0 bridgehead atoms. The molecule has 1 aliphatic rings. The lowest BCUT2D eigenvalue weighted by atomic mass is 10.0. The number of nitrogens with zero attached hydrogens (tertiary/aromatic N) is 4. The zero-order valence-corrected chi connectivity index (χ0v) is 21.5. The van der Waals surface area contributed by atoms with Gasteiger partial charge in [0.05, 0.1) is 31.8 Å². The van der Waals surface area contributed by atoms with E-state index in [0.29, 0.717) is 34.6 Å². The molecule has 6 rings (SSSR count). The minimum atomic E-state index is 0.258. The highest BCUT2D eigenvalue weighted by Gasteiger charge is 2.24. The molecule has 4 heterocycles. The molecule has 10 heteroatoms. The number of methoxy groups -OCH3 is 2. The number of fused-ring (bicyclic) bond motifs is 2. The molecule has 5 aromatic rings. The predicted molar refractivity (Wildman–Crippen MR) is 141 cm³/mol. The fraction of sp³-hybridized carbons (Fsp3) is 0.308. The van der Waals surface area contributed by atoms with Gasteiger partial charge < -0.3 is 23.5 Å². The standard InChI is InChI=1S/C26H25ClN4O4S/c1-32-19-11-22(34-15-18-5-3-4-10-30(18)17-8-6-16(27)7-9-17)20-13-24(35-23(20)12-19)21-14-31-25(28-21)36-26(29-31)33-2/h6-9,11-14,18H,3-5,10,15H2,1-2H3. The van der Waals surface area contributed by atoms with Gasteiger partial charge in [0.2, 0.25) is 4.96 Å². The van der Waals surface area contributed by atoms with E-state index in [2.05, 4.69) is 27.1 Å². The first-order valence-electron chi connectivity index (χ1n) is 11.8. The molecule has 0 aliphatic carbocycles. The molecular formula is C26H25ClN4O4S. The highest BCUT2D eigenvalue weighted by molar-refractivity contribution is 7.18. The maximum Gasteiger partial charge on any atom is 0.294 e. The van der Waals surface area contributed by atoms with Crippen molar-refractivity contribution in [1.29, 1.82) is 0 Å². The zero-order valence-electron chi connectivity index (χ0n) is 19.9. The summed E-state index contributed by atoms with van der Waals surface area (Å²) in [4.78, 5) is 7.79. The topological polar surface area (TPSA) is 74.3 Å². The number of imidazole rings is 1. The summed E-state index contributed by atoms with van der Waals surface area (Å²) in [5, 5.41) is 6.52. The quantitative estimate of drug-likeness (QED) is 0.247. The largest absolute Gasteiger partial charge is 0.496 e. The number of halogens is 1. The molecule has 0 spiro atoms. The van der Waals surface area contributed by atoms with Crippen LogP contribution in [0.4, 0.5) is 5.69 Å². The SMILES string of the molecule is COc1cc(OCC2CCCCN2c2ccc(Cl)cc2)c2cc(-c3cn4nc(OC)sc4n3)oc2c1. The van der Waals surface area contributed by atoms with Gasteiger partial charge in [-0.05, 0) is 60.9 Å². The number of piperidine rings is 1. The van der Waals surface area contributed by atoms with Crippen LogP contribution < -0.4 is 19.1 Å². The molecule has 0 amide bonds. The van der Waals surface area contributed by atoms with Gasteiger partial charge >= 0.3 is 0 Å². The lowest BCUT2D eigenvalue weighted by Gasteiger charge is -2.37. The second-order valence-corrected chi connectivity index (χ2v) is 10.1. The Hall–Kier alpha value is -3.43. The third-order valence-electron chi connectivity index (χ3n) is 6.48. The summed E-state index contributed by atoms with van der Waals surface area (Å²) in [5.74, 6) is 2.04. The summed E-state index contributed by atoms with van der Waals surface area (Å²) in [6.07, 6.45) is 5.23. The maximum absolute atomic E-state index is 6.44. The monoisotopic (exact) mass is 524 g/mol. The van der Waals surface area contributed by atoms with Crippen molar-refractivity contribution >= 4 is 44.6 Å². The van der Waals surface area contributed by atoms with Gasteiger partial charge in [-0.25, -0.2) is 9.50 Å². The van der Waals surface area contributed by atoms with E-state index >= 15 is 0 Å². The highest BCUT2D eigenvalue weighted by atomic mass is 35.5. The number of hydrogen-bond acceptors (Lipinski definition) is 8. The van der Waals surface area contributed by atoms with Gasteiger partial charge in [-0.2, -0.15) is 0 Å². The summed E-state index contributed by atoms with van der Waals surface area (Å²) >= 11 is 7.48. The predicted octanol–water partition coefficient (Wildman–Crippen LogP) is 6.31. The Balaban J connectivity index is 1.29. The molecule has 0 saturated carbocycles. The fourth-order valence-electron chi connectivity index (χ4n) is 4.66. The molecule has 1 fully saturated rings. The molecule has 1 saturated heterocycles. The Bertz CT molecular complexity index is 1480. The van der Waals surface area contributed by atoms with Crippen molar-refractivity contribution in [3.05, 3.63) is 53.7 Å². The van der Waals surface area contributed by atoms with Gasteiger partial charge in [-0.15, -0.1) is 5.10 Å². The summed E-state index contributed by atoms with van der Waals surface area (Å²) < 4.78 is 25.0. The van der Waals surface area contributed by atoms with Crippen molar-refractivity contribution in [2.45, 2.75) is 25.3 Å². The lowest BCUT2D eigenvalue weighted by Crippen LogP contribution is -2.43. The van der Waals surface area contributed by atoms with Gasteiger partial charge in [-0.3, -0.25) is 0 Å². The van der Waals surface area contributed by atoms with Crippen LogP contribution in [0.15, 0.2) is 53.1 Å². The van der Waals surface area contributed by atoms with Gasteiger partial charge in [0.15, 0.2) is 5.76 Å². The molecule has 1 atom stereocenters. The van der Waals surface area contributed by atoms with Crippen molar-refractivity contribution in [2.24, 2.45) is 0 Å². The summed E-state index contributed by atoms with van der Waals surface area (Å²) in [5.41, 5.74) is 2.54. The maximum atomic E-state index is 6.44. The first-order chi connectivity index (χ1) is 17.6. The van der Waals surface area contributed by atoms with Crippen LogP contribution in [0.25, 0.3) is 27.4 Å². The average molecular weight is 525 g/mol. The first-order valence-corrected chi connectivity index (χ1v) is 13.0. The summed E-state index contributed by atoms with van der Waals surface area (Å²) in [6, 6.07) is 14.0. The number of rotatable bonds is 7. The Morgan fingerprint density at radius 3 is 2.75 bits per heavy atom. The van der Waals surface area contributed by atoms with E-state index < -0.39 is 0 Å². The first kappa shape index (κ1) is 23.0. The van der Waals surface area contributed by atoms with Gasteiger partial charge in [0.25, 0.3) is 5.19 Å². The van der Waals surface area contributed by atoms with Crippen molar-refractivity contribution in [1.82, 2.24) is 14.6 Å². The molecule has 8 nitrogen and oxygen atoms in total. The summed E-state index contributed by atoms with van der Waals surface area (Å²) in [6.45, 7) is 1.55. The smallest absolute Gasteiger partial charge is 0.294 e. The van der Waals surface area contributed by atoms with E-state index in [-0.39, 0.29) is 6.04 Å². The Kier molecular flexibility index (Phi) is 6.10. The van der Waals surface area contributed by atoms with Crippen molar-refractivity contribution in [3.8, 4) is 28.1 Å². The second-order valence-electron chi connectivity index (χ2n) is 8.70. The number of anilines is 1. The zero-order chi connectivity index (χ0) is 24.6. The van der Waals surface area contributed by atoms with Crippen molar-refractivity contribution in [2.75, 3.05) is 32.3 Å². The summed E-state index contributed by atoms with van der Waals surface area (Å²) in [7, 11) is 3.23. The van der Waals surface area contributed by atoms with Crippen LogP contribution in [0.2, 0.25) is 5.02 Å². The van der Waals surface area contributed by atoms with Crippen LogP contribution in [-0.2, 0) is 0 Å². The van der Waals surface area contributed by atoms with Crippen molar-refractivity contribution in [3.63, 3.8) is 0 Å². The number of furan rings is 1. The molecular weight excluding hydrogens is 500 g/mol. The van der Waals surface area contributed by atoms with Crippen LogP contribution in [0.1, 0.15) is 19.3 Å². The third kappa shape index (κ3) is 4.33. The average Bonchev–Trinajstić information content (AvgIpc) is 3.61. The number of ether oxygens (including phenoxy) is 3. The van der Waals surface area contributed by atoms with E-state index in [1.165, 1.54) is 23.4 Å². The molecule has 36 heavy (non-hydrogen) atoms. The molecule has 0 N–H and O–H groups in total. The second kappa shape index (κ2) is 9.55. The van der Waals surface area contributed by atoms with E-state index in [4.69, 9.17) is 30.2 Å². The van der Waals surface area contributed by atoms with Crippen LogP contribution in [0.3, 0.4) is 0 Å². The molecule has 3 aromatic heterocycles. The van der Waals surface area contributed by atoms with Gasteiger partial charge in [0, 0.05) is 29.4 Å². The Morgan fingerprint density at radius 1 is 1.11 bits per heavy atom. The minimum absolute atomic E-state index is 0.258. The molecule has 2 aromatic carbocycles. The highest BCUT2D eigenvalue weighted by Crippen LogP contribution is 2.38. The van der Waals surface area contributed by atoms with E-state index in [9.17, 15) is 0 Å². The van der Waals surface area contributed by atoms with Crippen LogP contribution in [0, 0.1) is 0 Å². The normalized spacial score (nSPS) is 16.1. The minimum Gasteiger partial charge on any atom is -0.496 e.